The van der Waals surface area contributed by atoms with Gasteiger partial charge in [0.25, 0.3) is 0 Å². The van der Waals surface area contributed by atoms with E-state index >= 15 is 0 Å². The molecule has 0 aliphatic heterocycles. The van der Waals surface area contributed by atoms with E-state index in [2.05, 4.69) is 0 Å². The van der Waals surface area contributed by atoms with Crippen LogP contribution in [0, 0.1) is 0 Å². The molecule has 0 atom stereocenters. The van der Waals surface area contributed by atoms with Gasteiger partial charge in [0.15, 0.2) is 0 Å². The van der Waals surface area contributed by atoms with E-state index in [0.717, 1.165) is 0 Å². The summed E-state index contributed by atoms with van der Waals surface area (Å²) in [6.07, 6.45) is 0. The van der Waals surface area contributed by atoms with Crippen molar-refractivity contribution in [3.8, 4) is 0 Å². The minimum atomic E-state index is -1.33. The summed E-state index contributed by atoms with van der Waals surface area (Å²) in [5.41, 5.74) is 0. The standard InChI is InChI=1S/6ClH.Cr.Fe/h6*1H;;/q;;;;;;2*+3/p-6. The molecule has 0 heterocycles. The van der Waals surface area contributed by atoms with Gasteiger partial charge in [0.1, 0.15) is 0 Å². The summed E-state index contributed by atoms with van der Waals surface area (Å²) >= 11 is -1.33. The second-order valence-electron chi connectivity index (χ2n) is 0.152. The average molecular weight is 321 g/mol. The van der Waals surface area contributed by atoms with Crippen molar-refractivity contribution in [3.05, 3.63) is 0 Å². The van der Waals surface area contributed by atoms with Gasteiger partial charge >= 0.3 is 58.8 Å². The summed E-state index contributed by atoms with van der Waals surface area (Å²) in [6, 6.07) is 0. The Kier molecular flexibility index (Phi) is 87.0. The Hall–Kier alpha value is 2.79. The second-order valence-corrected chi connectivity index (χ2v) is 5.62. The number of hydrogen-bond donors (Lipinski definition) is 0. The Morgan fingerprint density at radius 1 is 0.750 bits per heavy atom. The quantitative estimate of drug-likeness (QED) is 0.389. The predicted molar refractivity (Wildman–Crippen MR) is 17.6 cm³/mol. The molecule has 0 nitrogen and oxygen atoms in total. The molecule has 0 saturated carbocycles. The van der Waals surface area contributed by atoms with Crippen molar-refractivity contribution in [1.29, 1.82) is 0 Å². The first kappa shape index (κ1) is 30.8. The van der Waals surface area contributed by atoms with Crippen LogP contribution in [-0.2, 0) is 28.5 Å². The molecule has 0 saturated heterocycles. The molecule has 0 fully saturated rings. The molecule has 56 valence electrons. The van der Waals surface area contributed by atoms with Gasteiger partial charge in [-0.3, -0.25) is 0 Å². The SMILES string of the molecule is [Cl-].[Cl-].[Cl-].[Cl][Fe]([Cl])[Cl].[Cr+3]. The molecule has 0 N–H and O–H groups in total. The van der Waals surface area contributed by atoms with Gasteiger partial charge in [0.2, 0.25) is 0 Å². The van der Waals surface area contributed by atoms with Crippen LogP contribution >= 0.6 is 30.3 Å². The maximum atomic E-state index is 4.89. The number of halogens is 6. The van der Waals surface area contributed by atoms with Gasteiger partial charge < -0.3 is 37.2 Å². The molecule has 1 radical (unpaired) electrons. The summed E-state index contributed by atoms with van der Waals surface area (Å²) in [4.78, 5) is 0. The molecule has 8 heavy (non-hydrogen) atoms. The molecule has 0 spiro atoms. The topological polar surface area (TPSA) is 0 Å². The van der Waals surface area contributed by atoms with E-state index in [9.17, 15) is 0 Å². The van der Waals surface area contributed by atoms with Gasteiger partial charge in [-0.25, -0.2) is 0 Å². The van der Waals surface area contributed by atoms with Crippen LogP contribution in [0.2, 0.25) is 0 Å². The van der Waals surface area contributed by atoms with E-state index in [1.807, 2.05) is 0 Å². The van der Waals surface area contributed by atoms with Crippen LogP contribution in [0.5, 0.6) is 0 Å². The molecule has 0 unspecified atom stereocenters. The first-order valence-electron chi connectivity index (χ1n) is 0.401. The van der Waals surface area contributed by atoms with E-state index in [1.165, 1.54) is 0 Å². The number of hydrogen-bond acceptors (Lipinski definition) is 0. The molecular weight excluding hydrogens is 321 g/mol. The normalized spacial score (nSPS) is 5.62. The van der Waals surface area contributed by atoms with E-state index in [1.54, 1.807) is 0 Å². The van der Waals surface area contributed by atoms with Crippen LogP contribution in [0.4, 0.5) is 0 Å². The van der Waals surface area contributed by atoms with E-state index in [0.29, 0.717) is 0 Å². The van der Waals surface area contributed by atoms with Crippen molar-refractivity contribution < 1.29 is 65.7 Å². The summed E-state index contributed by atoms with van der Waals surface area (Å²) in [5, 5.41) is 0. The van der Waals surface area contributed by atoms with Crippen molar-refractivity contribution in [1.82, 2.24) is 0 Å². The monoisotopic (exact) mass is 318 g/mol. The third-order valence-electron chi connectivity index (χ3n) is 0. The summed E-state index contributed by atoms with van der Waals surface area (Å²) in [6.45, 7) is 0. The molecule has 0 aromatic carbocycles. The van der Waals surface area contributed by atoms with E-state index in [4.69, 9.17) is 30.3 Å². The van der Waals surface area contributed by atoms with Gasteiger partial charge in [0.05, 0.1) is 0 Å². The Balaban J connectivity index is -0.00000000750. The molecular formula is Cl6CrFe. The molecule has 0 rings (SSSR count). The summed E-state index contributed by atoms with van der Waals surface area (Å²) < 4.78 is 0. The average Bonchev–Trinajstić information content (AvgIpc) is 0.811. The molecule has 0 bridgehead atoms. The van der Waals surface area contributed by atoms with Crippen LogP contribution in [-0.4, -0.2) is 0 Å². The first-order valence-corrected chi connectivity index (χ1v) is 4.96. The van der Waals surface area contributed by atoms with Crippen molar-refractivity contribution in [2.24, 2.45) is 0 Å². The smallest absolute Gasteiger partial charge is 3.00 e. The zero-order valence-electron chi connectivity index (χ0n) is 3.03. The zero-order valence-corrected chi connectivity index (χ0v) is 9.94. The van der Waals surface area contributed by atoms with Crippen LogP contribution in [0.1, 0.15) is 0 Å². The first-order chi connectivity index (χ1) is 1.73. The largest absolute Gasteiger partial charge is 3.00 e. The Labute approximate surface area is 94.9 Å². The number of rotatable bonds is 0. The fourth-order valence-corrected chi connectivity index (χ4v) is 0. The van der Waals surface area contributed by atoms with Crippen LogP contribution in [0.3, 0.4) is 0 Å². The van der Waals surface area contributed by atoms with Gasteiger partial charge in [-0.15, -0.1) is 0 Å². The Bertz CT molecular complexity index is 13.2. The molecule has 0 aliphatic rings. The van der Waals surface area contributed by atoms with Gasteiger partial charge in [-0.05, 0) is 0 Å². The van der Waals surface area contributed by atoms with Crippen molar-refractivity contribution >= 4 is 30.3 Å². The van der Waals surface area contributed by atoms with Crippen LogP contribution < -0.4 is 37.2 Å². The third kappa shape index (κ3) is 68.5. The van der Waals surface area contributed by atoms with Crippen LogP contribution in [0.25, 0.3) is 0 Å². The van der Waals surface area contributed by atoms with Gasteiger partial charge in [-0.2, -0.15) is 0 Å². The van der Waals surface area contributed by atoms with Crippen molar-refractivity contribution in [2.75, 3.05) is 0 Å². The van der Waals surface area contributed by atoms with Crippen molar-refractivity contribution in [2.45, 2.75) is 0 Å². The van der Waals surface area contributed by atoms with Crippen LogP contribution in [0.15, 0.2) is 0 Å². The fraction of sp³-hybridized carbons (Fsp3) is 0. The third-order valence-corrected chi connectivity index (χ3v) is 0. The fourth-order valence-electron chi connectivity index (χ4n) is 0. The Morgan fingerprint density at radius 3 is 0.750 bits per heavy atom. The minimum absolute atomic E-state index is 0. The van der Waals surface area contributed by atoms with Gasteiger partial charge in [-0.1, -0.05) is 0 Å². The minimum Gasteiger partial charge on any atom is 3.00 e. The molecule has 0 aromatic heterocycles. The summed E-state index contributed by atoms with van der Waals surface area (Å²) in [7, 11) is 14.7. The second kappa shape index (κ2) is 22.6. The maximum absolute atomic E-state index is 4.89. The maximum Gasteiger partial charge on any atom is 3.00 e. The molecule has 0 aromatic rings. The van der Waals surface area contributed by atoms with E-state index in [-0.39, 0.29) is 54.6 Å². The predicted octanol–water partition coefficient (Wildman–Crippen LogP) is -6.92. The Morgan fingerprint density at radius 2 is 0.750 bits per heavy atom. The summed E-state index contributed by atoms with van der Waals surface area (Å²) in [5.74, 6) is 0. The molecule has 0 amide bonds. The van der Waals surface area contributed by atoms with Crippen molar-refractivity contribution in [3.63, 3.8) is 0 Å². The van der Waals surface area contributed by atoms with E-state index < -0.39 is 11.2 Å². The zero-order chi connectivity index (χ0) is 3.58. The molecule has 0 aliphatic carbocycles. The van der Waals surface area contributed by atoms with Gasteiger partial charge in [0, 0.05) is 0 Å². The molecule has 8 heteroatoms.